The van der Waals surface area contributed by atoms with E-state index in [1.807, 2.05) is 36.5 Å². The van der Waals surface area contributed by atoms with Crippen LogP contribution in [0.4, 0.5) is 4.39 Å². The van der Waals surface area contributed by atoms with Gasteiger partial charge in [-0.05, 0) is 90.3 Å². The standard InChI is InChI=1S/C30H29Cl2FN2O3/c31-22-7-9-25(27(32)16-22)26-4-1-3-19-15-20(30(36)37)5-8-24(19)29(26)21-6-10-28(34-17-21)38-23-11-14-35(18-23)13-2-12-33/h5-10,15-17,23H,1-4,11-14,18H2,(H,36,37)/t23-/m0/s1. The fourth-order valence-corrected chi connectivity index (χ4v) is 5.92. The monoisotopic (exact) mass is 554 g/mol. The third-order valence-corrected chi connectivity index (χ3v) is 7.75. The van der Waals surface area contributed by atoms with Gasteiger partial charge in [0.25, 0.3) is 0 Å². The zero-order valence-corrected chi connectivity index (χ0v) is 22.4. The third-order valence-electron chi connectivity index (χ3n) is 7.20. The third kappa shape index (κ3) is 5.88. The van der Waals surface area contributed by atoms with Gasteiger partial charge in [0, 0.05) is 47.5 Å². The number of carbonyl (C=O) groups is 1. The van der Waals surface area contributed by atoms with Gasteiger partial charge in [-0.3, -0.25) is 9.29 Å². The molecule has 1 atom stereocenters. The van der Waals surface area contributed by atoms with Crippen LogP contribution < -0.4 is 4.74 Å². The van der Waals surface area contributed by atoms with Gasteiger partial charge in [-0.2, -0.15) is 0 Å². The van der Waals surface area contributed by atoms with Gasteiger partial charge < -0.3 is 9.84 Å². The first-order valence-corrected chi connectivity index (χ1v) is 13.6. The zero-order chi connectivity index (χ0) is 26.6. The lowest BCUT2D eigenvalue weighted by Gasteiger charge is -2.19. The highest BCUT2D eigenvalue weighted by Gasteiger charge is 2.25. The SMILES string of the molecule is O=C(O)c1ccc2c(c1)CCCC(c1ccc(Cl)cc1Cl)=C2c1ccc(O[C@H]2CCN(CCCF)C2)nc1. The first kappa shape index (κ1) is 26.7. The molecule has 2 aromatic carbocycles. The summed E-state index contributed by atoms with van der Waals surface area (Å²) in [5.41, 5.74) is 6.10. The van der Waals surface area contributed by atoms with Gasteiger partial charge >= 0.3 is 5.97 Å². The second-order valence-corrected chi connectivity index (χ2v) is 10.6. The largest absolute Gasteiger partial charge is 0.478 e. The lowest BCUT2D eigenvalue weighted by Crippen LogP contribution is -2.26. The molecule has 5 rings (SSSR count). The van der Waals surface area contributed by atoms with E-state index in [1.54, 1.807) is 18.2 Å². The number of halogens is 3. The number of aryl methyl sites for hydroxylation is 1. The molecule has 38 heavy (non-hydrogen) atoms. The maximum absolute atomic E-state index is 12.5. The molecule has 0 unspecified atom stereocenters. The maximum Gasteiger partial charge on any atom is 0.335 e. The van der Waals surface area contributed by atoms with Crippen molar-refractivity contribution < 1.29 is 19.0 Å². The number of aromatic nitrogens is 1. The highest BCUT2D eigenvalue weighted by atomic mass is 35.5. The Balaban J connectivity index is 1.51. The van der Waals surface area contributed by atoms with E-state index in [4.69, 9.17) is 27.9 Å². The van der Waals surface area contributed by atoms with Crippen molar-refractivity contribution in [2.24, 2.45) is 0 Å². The van der Waals surface area contributed by atoms with Gasteiger partial charge in [-0.1, -0.05) is 35.3 Å². The van der Waals surface area contributed by atoms with Crippen LogP contribution in [0.2, 0.25) is 10.0 Å². The van der Waals surface area contributed by atoms with Crippen LogP contribution >= 0.6 is 23.2 Å². The predicted molar refractivity (Wildman–Crippen MR) is 149 cm³/mol. The molecule has 0 amide bonds. The molecule has 0 radical (unpaired) electrons. The van der Waals surface area contributed by atoms with Crippen molar-refractivity contribution in [3.05, 3.63) is 92.6 Å². The first-order valence-electron chi connectivity index (χ1n) is 12.9. The van der Waals surface area contributed by atoms with Crippen molar-refractivity contribution in [2.75, 3.05) is 26.3 Å². The number of allylic oxidation sites excluding steroid dienone is 1. The van der Waals surface area contributed by atoms with Gasteiger partial charge in [0.2, 0.25) is 5.88 Å². The van der Waals surface area contributed by atoms with Crippen LogP contribution in [0.3, 0.4) is 0 Å². The topological polar surface area (TPSA) is 62.7 Å². The zero-order valence-electron chi connectivity index (χ0n) is 20.9. The quantitative estimate of drug-likeness (QED) is 0.319. The van der Waals surface area contributed by atoms with Crippen LogP contribution in [0.5, 0.6) is 5.88 Å². The van der Waals surface area contributed by atoms with Crippen molar-refractivity contribution in [1.29, 1.82) is 0 Å². The molecule has 1 aliphatic heterocycles. The second-order valence-electron chi connectivity index (χ2n) is 9.77. The normalized spacial score (nSPS) is 17.8. The van der Waals surface area contributed by atoms with Crippen molar-refractivity contribution in [3.8, 4) is 5.88 Å². The Kier molecular flexibility index (Phi) is 8.32. The highest BCUT2D eigenvalue weighted by Crippen LogP contribution is 2.42. The maximum atomic E-state index is 12.5. The van der Waals surface area contributed by atoms with Gasteiger partial charge in [-0.25, -0.2) is 9.78 Å². The van der Waals surface area contributed by atoms with E-state index in [0.29, 0.717) is 22.3 Å². The van der Waals surface area contributed by atoms with E-state index in [1.165, 1.54) is 0 Å². The number of alkyl halides is 1. The predicted octanol–water partition coefficient (Wildman–Crippen LogP) is 7.19. The van der Waals surface area contributed by atoms with E-state index in [-0.39, 0.29) is 18.3 Å². The minimum atomic E-state index is -0.943. The number of likely N-dealkylation sites (tertiary alicyclic amines) is 1. The molecule has 1 aromatic heterocycles. The number of ether oxygens (including phenoxy) is 1. The Morgan fingerprint density at radius 3 is 2.68 bits per heavy atom. The smallest absolute Gasteiger partial charge is 0.335 e. The molecular formula is C30H29Cl2FN2O3. The highest BCUT2D eigenvalue weighted by molar-refractivity contribution is 6.36. The van der Waals surface area contributed by atoms with Crippen molar-refractivity contribution in [2.45, 2.75) is 38.2 Å². The number of carboxylic acid groups (broad SMARTS) is 1. The Labute approximate surface area is 231 Å². The summed E-state index contributed by atoms with van der Waals surface area (Å²) in [6.07, 6.45) is 5.65. The molecule has 1 aliphatic carbocycles. The number of aromatic carboxylic acids is 1. The van der Waals surface area contributed by atoms with E-state index < -0.39 is 5.97 Å². The van der Waals surface area contributed by atoms with E-state index in [0.717, 1.165) is 78.7 Å². The molecule has 2 heterocycles. The van der Waals surface area contributed by atoms with Gasteiger partial charge in [-0.15, -0.1) is 0 Å². The lowest BCUT2D eigenvalue weighted by atomic mass is 9.88. The van der Waals surface area contributed by atoms with Crippen LogP contribution in [0.15, 0.2) is 54.7 Å². The van der Waals surface area contributed by atoms with Crippen LogP contribution in [-0.4, -0.2) is 53.4 Å². The molecular weight excluding hydrogens is 526 g/mol. The van der Waals surface area contributed by atoms with E-state index in [2.05, 4.69) is 9.88 Å². The lowest BCUT2D eigenvalue weighted by molar-refractivity contribution is 0.0696. The summed E-state index contributed by atoms with van der Waals surface area (Å²) < 4.78 is 18.7. The fourth-order valence-electron chi connectivity index (χ4n) is 5.40. The van der Waals surface area contributed by atoms with Crippen molar-refractivity contribution in [1.82, 2.24) is 9.88 Å². The second kappa shape index (κ2) is 11.9. The molecule has 5 nitrogen and oxygen atoms in total. The molecule has 8 heteroatoms. The molecule has 0 spiro atoms. The summed E-state index contributed by atoms with van der Waals surface area (Å²) in [5, 5.41) is 10.7. The van der Waals surface area contributed by atoms with E-state index >= 15 is 0 Å². The van der Waals surface area contributed by atoms with E-state index in [9.17, 15) is 14.3 Å². The molecule has 198 valence electrons. The number of hydrogen-bond donors (Lipinski definition) is 1. The fraction of sp³-hybridized carbons (Fsp3) is 0.333. The Hall–Kier alpha value is -2.93. The molecule has 3 aromatic rings. The van der Waals surface area contributed by atoms with Crippen LogP contribution in [0.25, 0.3) is 11.1 Å². The van der Waals surface area contributed by atoms with Crippen molar-refractivity contribution in [3.63, 3.8) is 0 Å². The first-order chi connectivity index (χ1) is 18.4. The molecule has 0 saturated carbocycles. The number of carboxylic acids is 1. The number of fused-ring (bicyclic) bond motifs is 1. The number of pyridine rings is 1. The number of benzene rings is 2. The van der Waals surface area contributed by atoms with Crippen molar-refractivity contribution >= 4 is 40.3 Å². The summed E-state index contributed by atoms with van der Waals surface area (Å²) in [6, 6.07) is 14.7. The summed E-state index contributed by atoms with van der Waals surface area (Å²) in [5.74, 6) is -0.394. The molecule has 1 N–H and O–H groups in total. The molecule has 1 saturated heterocycles. The average Bonchev–Trinajstić information content (AvgIpc) is 3.26. The summed E-state index contributed by atoms with van der Waals surface area (Å²) in [7, 11) is 0. The minimum absolute atomic E-state index is 0.0312. The van der Waals surface area contributed by atoms with Gasteiger partial charge in [0.05, 0.1) is 12.2 Å². The van der Waals surface area contributed by atoms with Crippen LogP contribution in [0.1, 0.15) is 58.3 Å². The average molecular weight is 555 g/mol. The Morgan fingerprint density at radius 1 is 1.11 bits per heavy atom. The molecule has 2 aliphatic rings. The summed E-state index contributed by atoms with van der Waals surface area (Å²) >= 11 is 12.9. The van der Waals surface area contributed by atoms with Crippen LogP contribution in [-0.2, 0) is 6.42 Å². The summed E-state index contributed by atoms with van der Waals surface area (Å²) in [6.45, 7) is 2.11. The molecule has 0 bridgehead atoms. The number of nitrogens with zero attached hydrogens (tertiary/aromatic N) is 2. The van der Waals surface area contributed by atoms with Crippen LogP contribution in [0, 0.1) is 0 Å². The molecule has 1 fully saturated rings. The number of rotatable bonds is 8. The summed E-state index contributed by atoms with van der Waals surface area (Å²) in [4.78, 5) is 18.5. The Bertz CT molecular complexity index is 1360. The van der Waals surface area contributed by atoms with Gasteiger partial charge in [0.15, 0.2) is 0 Å². The Morgan fingerprint density at radius 2 is 1.95 bits per heavy atom. The van der Waals surface area contributed by atoms with Gasteiger partial charge in [0.1, 0.15) is 6.10 Å². The number of hydrogen-bond acceptors (Lipinski definition) is 4. The minimum Gasteiger partial charge on any atom is -0.478 e.